The van der Waals surface area contributed by atoms with Gasteiger partial charge >= 0.3 is 0 Å². The van der Waals surface area contributed by atoms with Crippen LogP contribution >= 0.6 is 11.6 Å². The molecule has 23 heavy (non-hydrogen) atoms. The van der Waals surface area contributed by atoms with Crippen molar-refractivity contribution in [1.82, 2.24) is 5.32 Å². The summed E-state index contributed by atoms with van der Waals surface area (Å²) in [5.74, 6) is -0.755. The van der Waals surface area contributed by atoms with E-state index in [1.54, 1.807) is 48.5 Å². The van der Waals surface area contributed by atoms with Crippen molar-refractivity contribution in [2.45, 2.75) is 12.5 Å². The first-order chi connectivity index (χ1) is 10.9. The standard InChI is InChI=1S/C17H17ClN2O3/c1-17(16(19)22,11-6-5-7-12(18)10-11)20-15(21)13-8-3-4-9-14(13)23-2/h3-10H,1-2H3,(H2,19,22)(H,20,21)/t17-/m1/s1. The molecule has 120 valence electrons. The first kappa shape index (κ1) is 16.8. The summed E-state index contributed by atoms with van der Waals surface area (Å²) in [6.45, 7) is 1.54. The topological polar surface area (TPSA) is 81.4 Å². The van der Waals surface area contributed by atoms with Crippen LogP contribution in [0.25, 0.3) is 0 Å². The summed E-state index contributed by atoms with van der Waals surface area (Å²) < 4.78 is 5.17. The molecule has 1 atom stereocenters. The van der Waals surface area contributed by atoms with Gasteiger partial charge in [0.05, 0.1) is 12.7 Å². The molecule has 0 heterocycles. The van der Waals surface area contributed by atoms with Gasteiger partial charge in [0.1, 0.15) is 11.3 Å². The number of rotatable bonds is 5. The number of nitrogens with one attached hydrogen (secondary N) is 1. The number of amides is 2. The number of hydrogen-bond acceptors (Lipinski definition) is 3. The number of nitrogens with two attached hydrogens (primary N) is 1. The minimum absolute atomic E-state index is 0.310. The fourth-order valence-corrected chi connectivity index (χ4v) is 2.39. The fraction of sp³-hybridized carbons (Fsp3) is 0.176. The molecule has 6 heteroatoms. The van der Waals surface area contributed by atoms with Crippen molar-refractivity contribution in [3.05, 3.63) is 64.7 Å². The van der Waals surface area contributed by atoms with Crippen molar-refractivity contribution in [1.29, 1.82) is 0 Å². The van der Waals surface area contributed by atoms with Crippen LogP contribution in [0.5, 0.6) is 5.75 Å². The molecule has 0 aliphatic carbocycles. The summed E-state index contributed by atoms with van der Waals surface area (Å²) in [4.78, 5) is 24.6. The minimum Gasteiger partial charge on any atom is -0.496 e. The maximum absolute atomic E-state index is 12.6. The molecule has 0 bridgehead atoms. The zero-order valence-electron chi connectivity index (χ0n) is 12.8. The molecule has 2 amide bonds. The number of benzene rings is 2. The Morgan fingerprint density at radius 3 is 2.48 bits per heavy atom. The first-order valence-corrected chi connectivity index (χ1v) is 7.27. The predicted octanol–water partition coefficient (Wildman–Crippen LogP) is 2.48. The molecule has 2 aromatic rings. The zero-order valence-corrected chi connectivity index (χ0v) is 13.6. The van der Waals surface area contributed by atoms with Gasteiger partial charge in [0, 0.05) is 5.02 Å². The number of hydrogen-bond donors (Lipinski definition) is 2. The van der Waals surface area contributed by atoms with E-state index in [0.29, 0.717) is 21.9 Å². The van der Waals surface area contributed by atoms with E-state index >= 15 is 0 Å². The molecule has 0 unspecified atom stereocenters. The Kier molecular flexibility index (Phi) is 4.91. The Bertz CT molecular complexity index is 748. The molecule has 0 spiro atoms. The Morgan fingerprint density at radius 2 is 1.87 bits per heavy atom. The minimum atomic E-state index is -1.40. The van der Waals surface area contributed by atoms with Crippen molar-refractivity contribution in [3.63, 3.8) is 0 Å². The van der Waals surface area contributed by atoms with Crippen LogP contribution in [0.15, 0.2) is 48.5 Å². The van der Waals surface area contributed by atoms with E-state index in [1.807, 2.05) is 0 Å². The van der Waals surface area contributed by atoms with Crippen molar-refractivity contribution < 1.29 is 14.3 Å². The molecule has 0 saturated heterocycles. The number of carbonyl (C=O) groups excluding carboxylic acids is 2. The number of primary amides is 1. The second kappa shape index (κ2) is 6.71. The van der Waals surface area contributed by atoms with Crippen LogP contribution in [0.1, 0.15) is 22.8 Å². The van der Waals surface area contributed by atoms with Gasteiger partial charge in [0.15, 0.2) is 0 Å². The van der Waals surface area contributed by atoms with Gasteiger partial charge in [-0.2, -0.15) is 0 Å². The van der Waals surface area contributed by atoms with Gasteiger partial charge in [-0.15, -0.1) is 0 Å². The molecule has 2 aromatic carbocycles. The molecule has 5 nitrogen and oxygen atoms in total. The summed E-state index contributed by atoms with van der Waals surface area (Å²) in [5, 5.41) is 3.12. The molecule has 0 saturated carbocycles. The van der Waals surface area contributed by atoms with Crippen molar-refractivity contribution in [3.8, 4) is 5.75 Å². The molecule has 0 radical (unpaired) electrons. The molecular weight excluding hydrogens is 316 g/mol. The van der Waals surface area contributed by atoms with Crippen LogP contribution in [0.2, 0.25) is 5.02 Å². The summed E-state index contributed by atoms with van der Waals surface area (Å²) >= 11 is 5.97. The lowest BCUT2D eigenvalue weighted by Gasteiger charge is -2.28. The zero-order chi connectivity index (χ0) is 17.0. The van der Waals surface area contributed by atoms with Crippen LogP contribution in [0, 0.1) is 0 Å². The Balaban J connectivity index is 2.40. The summed E-state index contributed by atoms with van der Waals surface area (Å²) in [6.07, 6.45) is 0. The molecule has 0 aromatic heterocycles. The van der Waals surface area contributed by atoms with Gasteiger partial charge in [0.25, 0.3) is 5.91 Å². The average Bonchev–Trinajstić information content (AvgIpc) is 2.54. The third kappa shape index (κ3) is 3.46. The third-order valence-corrected chi connectivity index (χ3v) is 3.84. The number of methoxy groups -OCH3 is 1. The Morgan fingerprint density at radius 1 is 1.17 bits per heavy atom. The maximum atomic E-state index is 12.6. The van der Waals surface area contributed by atoms with Crippen LogP contribution in [0.3, 0.4) is 0 Å². The highest BCUT2D eigenvalue weighted by molar-refractivity contribution is 6.30. The van der Waals surface area contributed by atoms with Gasteiger partial charge in [-0.25, -0.2) is 0 Å². The number of halogens is 1. The highest BCUT2D eigenvalue weighted by Crippen LogP contribution is 2.25. The van der Waals surface area contributed by atoms with Gasteiger partial charge in [-0.3, -0.25) is 9.59 Å². The number of carbonyl (C=O) groups is 2. The van der Waals surface area contributed by atoms with E-state index in [-0.39, 0.29) is 0 Å². The van der Waals surface area contributed by atoms with Gasteiger partial charge in [-0.1, -0.05) is 35.9 Å². The molecule has 0 fully saturated rings. The van der Waals surface area contributed by atoms with Crippen molar-refractivity contribution >= 4 is 23.4 Å². The van der Waals surface area contributed by atoms with Gasteiger partial charge in [-0.05, 0) is 36.8 Å². The molecule has 2 rings (SSSR count). The predicted molar refractivity (Wildman–Crippen MR) is 88.5 cm³/mol. The fourth-order valence-electron chi connectivity index (χ4n) is 2.20. The van der Waals surface area contributed by atoms with Crippen LogP contribution < -0.4 is 15.8 Å². The highest BCUT2D eigenvalue weighted by atomic mass is 35.5. The molecule has 0 aliphatic heterocycles. The number of ether oxygens (including phenoxy) is 1. The normalized spacial score (nSPS) is 13.0. The average molecular weight is 333 g/mol. The van der Waals surface area contributed by atoms with E-state index in [1.165, 1.54) is 14.0 Å². The number of para-hydroxylation sites is 1. The molecule has 3 N–H and O–H groups in total. The lowest BCUT2D eigenvalue weighted by atomic mass is 9.90. The molecule has 0 aliphatic rings. The Labute approximate surface area is 139 Å². The second-order valence-corrected chi connectivity index (χ2v) is 5.59. The molecular formula is C17H17ClN2O3. The summed E-state index contributed by atoms with van der Waals surface area (Å²) in [7, 11) is 1.47. The SMILES string of the molecule is COc1ccccc1C(=O)N[C@@](C)(C(N)=O)c1cccc(Cl)c1. The Hall–Kier alpha value is -2.53. The smallest absolute Gasteiger partial charge is 0.256 e. The van der Waals surface area contributed by atoms with Crippen LogP contribution in [0.4, 0.5) is 0 Å². The first-order valence-electron chi connectivity index (χ1n) is 6.90. The largest absolute Gasteiger partial charge is 0.496 e. The summed E-state index contributed by atoms with van der Waals surface area (Å²) in [5.41, 5.74) is 4.93. The van der Waals surface area contributed by atoms with Crippen LogP contribution in [-0.4, -0.2) is 18.9 Å². The van der Waals surface area contributed by atoms with E-state index in [4.69, 9.17) is 22.1 Å². The maximum Gasteiger partial charge on any atom is 0.256 e. The quantitative estimate of drug-likeness (QED) is 0.882. The lowest BCUT2D eigenvalue weighted by molar-refractivity contribution is -0.123. The van der Waals surface area contributed by atoms with E-state index < -0.39 is 17.4 Å². The summed E-state index contributed by atoms with van der Waals surface area (Å²) in [6, 6.07) is 13.4. The van der Waals surface area contributed by atoms with Gasteiger partial charge < -0.3 is 15.8 Å². The third-order valence-electron chi connectivity index (χ3n) is 3.61. The van der Waals surface area contributed by atoms with E-state index in [0.717, 1.165) is 0 Å². The van der Waals surface area contributed by atoms with E-state index in [2.05, 4.69) is 5.32 Å². The van der Waals surface area contributed by atoms with Crippen molar-refractivity contribution in [2.24, 2.45) is 5.73 Å². The second-order valence-electron chi connectivity index (χ2n) is 5.15. The van der Waals surface area contributed by atoms with Gasteiger partial charge in [0.2, 0.25) is 5.91 Å². The van der Waals surface area contributed by atoms with Crippen molar-refractivity contribution in [2.75, 3.05) is 7.11 Å². The van der Waals surface area contributed by atoms with E-state index in [9.17, 15) is 9.59 Å². The highest BCUT2D eigenvalue weighted by Gasteiger charge is 2.35. The van der Waals surface area contributed by atoms with Crippen LogP contribution in [-0.2, 0) is 10.3 Å². The lowest BCUT2D eigenvalue weighted by Crippen LogP contribution is -2.52. The monoisotopic (exact) mass is 332 g/mol.